The molecule has 1 aromatic heterocycles. The van der Waals surface area contributed by atoms with Crippen LogP contribution in [0.15, 0.2) is 12.4 Å². The van der Waals surface area contributed by atoms with Gasteiger partial charge >= 0.3 is 0 Å². The van der Waals surface area contributed by atoms with Gasteiger partial charge in [-0.25, -0.2) is 0 Å². The van der Waals surface area contributed by atoms with Crippen molar-refractivity contribution < 1.29 is 0 Å². The summed E-state index contributed by atoms with van der Waals surface area (Å²) >= 11 is 0. The van der Waals surface area contributed by atoms with Crippen molar-refractivity contribution in [3.63, 3.8) is 0 Å². The fourth-order valence-electron chi connectivity index (χ4n) is 1.94. The lowest BCUT2D eigenvalue weighted by atomic mass is 10.1. The first-order chi connectivity index (χ1) is 6.90. The first-order valence-electron chi connectivity index (χ1n) is 5.34. The Morgan fingerprint density at radius 1 is 1.50 bits per heavy atom. The van der Waals surface area contributed by atoms with Crippen molar-refractivity contribution in [2.24, 2.45) is 5.73 Å². The van der Waals surface area contributed by atoms with E-state index in [1.165, 1.54) is 18.4 Å². The van der Waals surface area contributed by atoms with Gasteiger partial charge in [0.15, 0.2) is 0 Å². The van der Waals surface area contributed by atoms with Crippen molar-refractivity contribution in [3.05, 3.63) is 18.0 Å². The molecule has 1 aliphatic heterocycles. The lowest BCUT2D eigenvalue weighted by Crippen LogP contribution is -2.29. The zero-order valence-electron chi connectivity index (χ0n) is 8.45. The van der Waals surface area contributed by atoms with Gasteiger partial charge in [-0.3, -0.25) is 4.68 Å². The number of nitrogens with zero attached hydrogens (tertiary/aromatic N) is 2. The minimum absolute atomic E-state index is 0.586. The number of hydrogen-bond acceptors (Lipinski definition) is 3. The van der Waals surface area contributed by atoms with Gasteiger partial charge in [-0.1, -0.05) is 0 Å². The van der Waals surface area contributed by atoms with E-state index >= 15 is 0 Å². The third-order valence-corrected chi connectivity index (χ3v) is 2.77. The van der Waals surface area contributed by atoms with Crippen LogP contribution in [-0.4, -0.2) is 29.4 Å². The third kappa shape index (κ3) is 2.13. The Bertz CT molecular complexity index is 275. The summed E-state index contributed by atoms with van der Waals surface area (Å²) < 4.78 is 2.10. The van der Waals surface area contributed by atoms with Crippen LogP contribution in [-0.2, 0) is 6.42 Å². The molecule has 78 valence electrons. The predicted molar refractivity (Wildman–Crippen MR) is 56.1 cm³/mol. The average Bonchev–Trinajstić information content (AvgIpc) is 2.68. The largest absolute Gasteiger partial charge is 0.330 e. The van der Waals surface area contributed by atoms with Crippen LogP contribution in [0.4, 0.5) is 0 Å². The number of rotatable bonds is 3. The second-order valence-corrected chi connectivity index (χ2v) is 3.85. The minimum Gasteiger partial charge on any atom is -0.330 e. The van der Waals surface area contributed by atoms with Gasteiger partial charge in [0.05, 0.1) is 12.2 Å². The summed E-state index contributed by atoms with van der Waals surface area (Å²) in [5, 5.41) is 7.75. The molecule has 4 nitrogen and oxygen atoms in total. The van der Waals surface area contributed by atoms with Crippen LogP contribution >= 0.6 is 0 Å². The lowest BCUT2D eigenvalue weighted by molar-refractivity contribution is 0.343. The van der Waals surface area contributed by atoms with Gasteiger partial charge < -0.3 is 11.1 Å². The second kappa shape index (κ2) is 4.57. The standard InChI is InChI=1S/C10H18N4/c11-4-1-9-7-13-14(8-9)10-2-5-12-6-3-10/h7-8,10,12H,1-6,11H2. The van der Waals surface area contributed by atoms with Crippen molar-refractivity contribution >= 4 is 0 Å². The van der Waals surface area contributed by atoms with Gasteiger partial charge in [-0.05, 0) is 44.5 Å². The predicted octanol–water partition coefficient (Wildman–Crippen LogP) is 0.309. The van der Waals surface area contributed by atoms with Crippen LogP contribution in [0.5, 0.6) is 0 Å². The Labute approximate surface area is 84.5 Å². The van der Waals surface area contributed by atoms with Gasteiger partial charge in [-0.2, -0.15) is 5.10 Å². The van der Waals surface area contributed by atoms with E-state index < -0.39 is 0 Å². The molecule has 3 N–H and O–H groups in total. The highest BCUT2D eigenvalue weighted by molar-refractivity contribution is 5.05. The quantitative estimate of drug-likeness (QED) is 0.728. The number of aromatic nitrogens is 2. The van der Waals surface area contributed by atoms with E-state index in [-0.39, 0.29) is 0 Å². The Balaban J connectivity index is 2.00. The number of piperidine rings is 1. The normalized spacial score (nSPS) is 18.6. The molecule has 0 saturated carbocycles. The highest BCUT2D eigenvalue weighted by Crippen LogP contribution is 2.17. The molecular formula is C10H18N4. The molecule has 0 aromatic carbocycles. The lowest BCUT2D eigenvalue weighted by Gasteiger charge is -2.22. The van der Waals surface area contributed by atoms with Crippen LogP contribution in [0.2, 0.25) is 0 Å². The Morgan fingerprint density at radius 3 is 3.00 bits per heavy atom. The van der Waals surface area contributed by atoms with Crippen LogP contribution < -0.4 is 11.1 Å². The molecule has 1 fully saturated rings. The van der Waals surface area contributed by atoms with Crippen LogP contribution in [0.1, 0.15) is 24.4 Å². The maximum absolute atomic E-state index is 5.50. The van der Waals surface area contributed by atoms with Crippen molar-refractivity contribution in [2.45, 2.75) is 25.3 Å². The van der Waals surface area contributed by atoms with Gasteiger partial charge in [0.2, 0.25) is 0 Å². The molecule has 0 radical (unpaired) electrons. The molecule has 1 saturated heterocycles. The molecule has 0 amide bonds. The van der Waals surface area contributed by atoms with E-state index in [0.717, 1.165) is 19.5 Å². The Hall–Kier alpha value is -0.870. The van der Waals surface area contributed by atoms with Gasteiger partial charge in [0.25, 0.3) is 0 Å². The Morgan fingerprint density at radius 2 is 2.29 bits per heavy atom. The molecule has 0 bridgehead atoms. The summed E-state index contributed by atoms with van der Waals surface area (Å²) in [7, 11) is 0. The molecule has 2 rings (SSSR count). The van der Waals surface area contributed by atoms with E-state index in [4.69, 9.17) is 5.73 Å². The summed E-state index contributed by atoms with van der Waals surface area (Å²) in [6, 6.07) is 0.586. The van der Waals surface area contributed by atoms with E-state index in [2.05, 4.69) is 21.3 Å². The molecule has 1 aromatic rings. The first kappa shape index (κ1) is 9.68. The topological polar surface area (TPSA) is 55.9 Å². The molecule has 0 atom stereocenters. The molecule has 2 heterocycles. The maximum atomic E-state index is 5.50. The molecule has 0 unspecified atom stereocenters. The molecule has 4 heteroatoms. The molecule has 14 heavy (non-hydrogen) atoms. The summed E-state index contributed by atoms with van der Waals surface area (Å²) in [4.78, 5) is 0. The first-order valence-corrected chi connectivity index (χ1v) is 5.34. The van der Waals surface area contributed by atoms with Crippen molar-refractivity contribution in [3.8, 4) is 0 Å². The monoisotopic (exact) mass is 194 g/mol. The molecule has 0 spiro atoms. The van der Waals surface area contributed by atoms with Crippen molar-refractivity contribution in [1.82, 2.24) is 15.1 Å². The molecule has 1 aliphatic rings. The number of hydrogen-bond donors (Lipinski definition) is 2. The highest BCUT2D eigenvalue weighted by Gasteiger charge is 2.15. The molecule has 0 aliphatic carbocycles. The average molecular weight is 194 g/mol. The van der Waals surface area contributed by atoms with E-state index in [1.807, 2.05) is 6.20 Å². The highest BCUT2D eigenvalue weighted by atomic mass is 15.3. The number of nitrogens with two attached hydrogens (primary N) is 1. The minimum atomic E-state index is 0.586. The zero-order valence-corrected chi connectivity index (χ0v) is 8.45. The van der Waals surface area contributed by atoms with E-state index in [9.17, 15) is 0 Å². The van der Waals surface area contributed by atoms with E-state index in [1.54, 1.807) is 0 Å². The number of nitrogens with one attached hydrogen (secondary N) is 1. The van der Waals surface area contributed by atoms with Crippen LogP contribution in [0.25, 0.3) is 0 Å². The fourth-order valence-corrected chi connectivity index (χ4v) is 1.94. The van der Waals surface area contributed by atoms with Gasteiger partial charge in [-0.15, -0.1) is 0 Å². The van der Waals surface area contributed by atoms with Crippen molar-refractivity contribution in [1.29, 1.82) is 0 Å². The molecular weight excluding hydrogens is 176 g/mol. The maximum Gasteiger partial charge on any atom is 0.0543 e. The Kier molecular flexibility index (Phi) is 3.16. The summed E-state index contributed by atoms with van der Waals surface area (Å²) in [5.41, 5.74) is 6.76. The van der Waals surface area contributed by atoms with Crippen LogP contribution in [0, 0.1) is 0 Å². The van der Waals surface area contributed by atoms with Gasteiger partial charge in [0, 0.05) is 6.20 Å². The van der Waals surface area contributed by atoms with E-state index in [0.29, 0.717) is 12.6 Å². The smallest absolute Gasteiger partial charge is 0.0543 e. The fraction of sp³-hybridized carbons (Fsp3) is 0.700. The zero-order chi connectivity index (χ0) is 9.80. The third-order valence-electron chi connectivity index (χ3n) is 2.77. The summed E-state index contributed by atoms with van der Waals surface area (Å²) in [6.45, 7) is 2.92. The SMILES string of the molecule is NCCc1cnn(C2CCNCC2)c1. The summed E-state index contributed by atoms with van der Waals surface area (Å²) in [5.74, 6) is 0. The van der Waals surface area contributed by atoms with Crippen LogP contribution in [0.3, 0.4) is 0 Å². The second-order valence-electron chi connectivity index (χ2n) is 3.85. The van der Waals surface area contributed by atoms with Crippen molar-refractivity contribution in [2.75, 3.05) is 19.6 Å². The summed E-state index contributed by atoms with van der Waals surface area (Å²) in [6.07, 6.45) is 7.39. The van der Waals surface area contributed by atoms with Gasteiger partial charge in [0.1, 0.15) is 0 Å².